The van der Waals surface area contributed by atoms with Crippen molar-refractivity contribution in [1.29, 1.82) is 0 Å². The quantitative estimate of drug-likeness (QED) is 0.899. The Morgan fingerprint density at radius 1 is 1.38 bits per heavy atom. The highest BCUT2D eigenvalue weighted by Gasteiger charge is 2.23. The monoisotopic (exact) mass is 352 g/mol. The lowest BCUT2D eigenvalue weighted by atomic mass is 9.96. The molecule has 1 N–H and O–H groups in total. The van der Waals surface area contributed by atoms with E-state index in [1.54, 1.807) is 13.4 Å². The number of carbonyl (C=O) groups excluding carboxylic acids is 1. The Hall–Kier alpha value is -1.72. The fourth-order valence-electron chi connectivity index (χ4n) is 3.28. The summed E-state index contributed by atoms with van der Waals surface area (Å²) in [5.74, 6) is 1.63. The molecule has 1 amide bonds. The number of methoxy groups -OCH3 is 1. The van der Waals surface area contributed by atoms with E-state index in [-0.39, 0.29) is 18.3 Å². The summed E-state index contributed by atoms with van der Waals surface area (Å²) in [6.45, 7) is 2.75. The van der Waals surface area contributed by atoms with Gasteiger partial charge in [0.05, 0.1) is 19.8 Å². The van der Waals surface area contributed by atoms with Crippen molar-refractivity contribution < 1.29 is 13.9 Å². The number of carbonyl (C=O) groups is 1. The molecule has 0 aliphatic carbocycles. The number of halogens is 1. The van der Waals surface area contributed by atoms with Crippen LogP contribution in [-0.2, 0) is 11.2 Å². The zero-order valence-corrected chi connectivity index (χ0v) is 15.0. The number of likely N-dealkylation sites (tertiary alicyclic amines) is 1. The topological polar surface area (TPSA) is 54.7 Å². The van der Waals surface area contributed by atoms with Crippen LogP contribution < -0.4 is 10.1 Å². The highest BCUT2D eigenvalue weighted by atomic mass is 35.5. The van der Waals surface area contributed by atoms with Crippen LogP contribution in [0, 0.1) is 5.92 Å². The first-order valence-electron chi connectivity index (χ1n) is 8.17. The number of hydrogen-bond acceptors (Lipinski definition) is 4. The maximum Gasteiger partial charge on any atom is 0.227 e. The average Bonchev–Trinajstić information content (AvgIpc) is 2.98. The van der Waals surface area contributed by atoms with Crippen molar-refractivity contribution in [3.63, 3.8) is 0 Å². The summed E-state index contributed by atoms with van der Waals surface area (Å²) < 4.78 is 10.8. The van der Waals surface area contributed by atoms with Crippen LogP contribution in [0.4, 0.5) is 0 Å². The predicted octanol–water partition coefficient (Wildman–Crippen LogP) is 2.86. The Bertz CT molecular complexity index is 678. The minimum absolute atomic E-state index is 0. The van der Waals surface area contributed by atoms with Gasteiger partial charge in [0.25, 0.3) is 0 Å². The number of nitrogens with zero attached hydrogens (tertiary/aromatic N) is 1. The summed E-state index contributed by atoms with van der Waals surface area (Å²) in [6, 6.07) is 5.71. The molecule has 1 aromatic carbocycles. The Labute approximate surface area is 148 Å². The summed E-state index contributed by atoms with van der Waals surface area (Å²) in [5, 5.41) is 4.21. The summed E-state index contributed by atoms with van der Waals surface area (Å²) in [7, 11) is 3.61. The normalized spacial score (nSPS) is 15.3. The van der Waals surface area contributed by atoms with Crippen molar-refractivity contribution in [2.75, 3.05) is 33.8 Å². The third-order valence-electron chi connectivity index (χ3n) is 4.66. The molecule has 6 heteroatoms. The van der Waals surface area contributed by atoms with Crippen LogP contribution in [0.1, 0.15) is 18.4 Å². The van der Waals surface area contributed by atoms with Crippen molar-refractivity contribution in [1.82, 2.24) is 10.2 Å². The highest BCUT2D eigenvalue weighted by molar-refractivity contribution is 5.88. The van der Waals surface area contributed by atoms with Gasteiger partial charge < -0.3 is 19.4 Å². The van der Waals surface area contributed by atoms with Gasteiger partial charge in [0, 0.05) is 30.1 Å². The van der Waals surface area contributed by atoms with E-state index in [0.717, 1.165) is 54.8 Å². The van der Waals surface area contributed by atoms with E-state index < -0.39 is 0 Å². The van der Waals surface area contributed by atoms with Gasteiger partial charge in [0.15, 0.2) is 0 Å². The Balaban J connectivity index is 0.00000208. The number of rotatable bonds is 5. The van der Waals surface area contributed by atoms with Gasteiger partial charge in [-0.25, -0.2) is 0 Å². The van der Waals surface area contributed by atoms with Crippen LogP contribution in [0.15, 0.2) is 28.9 Å². The number of amides is 1. The number of benzene rings is 1. The molecular formula is C18H25ClN2O3. The van der Waals surface area contributed by atoms with E-state index in [1.807, 2.05) is 30.1 Å². The van der Waals surface area contributed by atoms with E-state index in [4.69, 9.17) is 9.15 Å². The molecule has 0 spiro atoms. The molecule has 0 unspecified atom stereocenters. The van der Waals surface area contributed by atoms with E-state index in [1.165, 1.54) is 0 Å². The highest BCUT2D eigenvalue weighted by Crippen LogP contribution is 2.26. The first kappa shape index (κ1) is 18.6. The second kappa shape index (κ2) is 8.40. The van der Waals surface area contributed by atoms with E-state index in [0.29, 0.717) is 12.3 Å². The second-order valence-electron chi connectivity index (χ2n) is 6.18. The lowest BCUT2D eigenvalue weighted by Gasteiger charge is -2.32. The number of furan rings is 1. The molecule has 3 rings (SSSR count). The average molecular weight is 353 g/mol. The van der Waals surface area contributed by atoms with E-state index in [9.17, 15) is 4.79 Å². The molecule has 1 aromatic heterocycles. The number of nitrogens with one attached hydrogen (secondary N) is 1. The number of ether oxygens (including phenoxy) is 1. The number of hydrogen-bond donors (Lipinski definition) is 1. The first-order chi connectivity index (χ1) is 11.2. The maximum absolute atomic E-state index is 12.5. The molecule has 2 aromatic rings. The Kier molecular flexibility index (Phi) is 6.52. The van der Waals surface area contributed by atoms with Gasteiger partial charge in [0.1, 0.15) is 11.3 Å². The maximum atomic E-state index is 12.5. The van der Waals surface area contributed by atoms with Gasteiger partial charge in [-0.3, -0.25) is 4.79 Å². The third-order valence-corrected chi connectivity index (χ3v) is 4.66. The van der Waals surface area contributed by atoms with Crippen LogP contribution >= 0.6 is 12.4 Å². The fourth-order valence-corrected chi connectivity index (χ4v) is 3.28. The fraction of sp³-hybridized carbons (Fsp3) is 0.500. The molecule has 0 radical (unpaired) electrons. The molecule has 132 valence electrons. The summed E-state index contributed by atoms with van der Waals surface area (Å²) >= 11 is 0. The van der Waals surface area contributed by atoms with Gasteiger partial charge >= 0.3 is 0 Å². The van der Waals surface area contributed by atoms with E-state index >= 15 is 0 Å². The number of fused-ring (bicyclic) bond motifs is 1. The van der Waals surface area contributed by atoms with Crippen molar-refractivity contribution in [2.24, 2.45) is 5.92 Å². The first-order valence-corrected chi connectivity index (χ1v) is 8.17. The minimum atomic E-state index is 0. The van der Waals surface area contributed by atoms with Crippen LogP contribution in [-0.4, -0.2) is 44.6 Å². The SMILES string of the molecule is CNCC1CCN(C(=O)Cc2coc3cc(OC)ccc23)CC1.Cl. The standard InChI is InChI=1S/C18H24N2O3.ClH/c1-19-11-13-5-7-20(8-6-13)18(21)9-14-12-23-17-10-15(22-2)3-4-16(14)17;/h3-4,10,12-13,19H,5-9,11H2,1-2H3;1H. The lowest BCUT2D eigenvalue weighted by molar-refractivity contribution is -0.131. The molecule has 1 saturated heterocycles. The number of piperidine rings is 1. The summed E-state index contributed by atoms with van der Waals surface area (Å²) in [5.41, 5.74) is 1.71. The molecule has 2 heterocycles. The molecule has 1 aliphatic rings. The van der Waals surface area contributed by atoms with Crippen molar-refractivity contribution in [2.45, 2.75) is 19.3 Å². The summed E-state index contributed by atoms with van der Waals surface area (Å²) in [4.78, 5) is 14.5. The summed E-state index contributed by atoms with van der Waals surface area (Å²) in [6.07, 6.45) is 4.25. The molecule has 0 saturated carbocycles. The van der Waals surface area contributed by atoms with Gasteiger partial charge in [-0.05, 0) is 44.5 Å². The zero-order valence-electron chi connectivity index (χ0n) is 14.2. The second-order valence-corrected chi connectivity index (χ2v) is 6.18. The van der Waals surface area contributed by atoms with Crippen LogP contribution in [0.5, 0.6) is 5.75 Å². The van der Waals surface area contributed by atoms with Gasteiger partial charge in [-0.2, -0.15) is 0 Å². The Morgan fingerprint density at radius 3 is 2.79 bits per heavy atom. The molecule has 1 fully saturated rings. The molecule has 0 atom stereocenters. The third kappa shape index (κ3) is 4.02. The molecule has 24 heavy (non-hydrogen) atoms. The zero-order chi connectivity index (χ0) is 16.2. The van der Waals surface area contributed by atoms with Crippen LogP contribution in [0.3, 0.4) is 0 Å². The molecular weight excluding hydrogens is 328 g/mol. The smallest absolute Gasteiger partial charge is 0.227 e. The predicted molar refractivity (Wildman–Crippen MR) is 96.9 cm³/mol. The molecule has 5 nitrogen and oxygen atoms in total. The minimum Gasteiger partial charge on any atom is -0.497 e. The molecule has 1 aliphatic heterocycles. The van der Waals surface area contributed by atoms with Gasteiger partial charge in [-0.1, -0.05) is 0 Å². The van der Waals surface area contributed by atoms with Gasteiger partial charge in [0.2, 0.25) is 5.91 Å². The van der Waals surface area contributed by atoms with Crippen LogP contribution in [0.25, 0.3) is 11.0 Å². The Morgan fingerprint density at radius 2 is 2.12 bits per heavy atom. The van der Waals surface area contributed by atoms with Crippen molar-refractivity contribution in [3.05, 3.63) is 30.0 Å². The largest absolute Gasteiger partial charge is 0.497 e. The van der Waals surface area contributed by atoms with Crippen molar-refractivity contribution >= 4 is 29.3 Å². The van der Waals surface area contributed by atoms with Crippen LogP contribution in [0.2, 0.25) is 0 Å². The van der Waals surface area contributed by atoms with E-state index in [2.05, 4.69) is 5.32 Å². The molecule has 0 bridgehead atoms. The van der Waals surface area contributed by atoms with Gasteiger partial charge in [-0.15, -0.1) is 12.4 Å². The van der Waals surface area contributed by atoms with Crippen molar-refractivity contribution in [3.8, 4) is 5.75 Å². The lowest BCUT2D eigenvalue weighted by Crippen LogP contribution is -2.41.